The minimum absolute atomic E-state index is 0.0660. The van der Waals surface area contributed by atoms with E-state index in [0.717, 1.165) is 9.37 Å². The van der Waals surface area contributed by atoms with Crippen molar-refractivity contribution in [2.45, 2.75) is 9.60 Å². The van der Waals surface area contributed by atoms with Gasteiger partial charge in [-0.3, -0.25) is 0 Å². The molecule has 0 saturated heterocycles. The first-order valence-electron chi connectivity index (χ1n) is 3.42. The monoisotopic (exact) mass is 262 g/mol. The maximum atomic E-state index is 5.90. The molecule has 0 aliphatic carbocycles. The minimum atomic E-state index is -0.0660. The molecule has 1 aromatic carbocycles. The second-order valence-corrected chi connectivity index (χ2v) is 4.90. The van der Waals surface area contributed by atoms with Crippen molar-refractivity contribution in [2.75, 3.05) is 0 Å². The summed E-state index contributed by atoms with van der Waals surface area (Å²) in [4.78, 5) is 1.14. The minimum Gasteiger partial charge on any atom is -0.106 e. The van der Waals surface area contributed by atoms with Crippen LogP contribution in [0.25, 0.3) is 0 Å². The van der Waals surface area contributed by atoms with Crippen LogP contribution in [0, 0.1) is 0 Å². The van der Waals surface area contributed by atoms with E-state index in [1.165, 1.54) is 0 Å². The van der Waals surface area contributed by atoms with Crippen molar-refractivity contribution in [1.29, 1.82) is 0 Å². The van der Waals surface area contributed by atoms with Gasteiger partial charge in [0, 0.05) is 9.37 Å². The molecule has 0 bridgehead atoms. The van der Waals surface area contributed by atoms with Crippen LogP contribution in [0.15, 0.2) is 46.3 Å². The van der Waals surface area contributed by atoms with Crippen LogP contribution in [0.3, 0.4) is 0 Å². The molecule has 12 heavy (non-hydrogen) atoms. The van der Waals surface area contributed by atoms with Gasteiger partial charge in [0.2, 0.25) is 0 Å². The van der Waals surface area contributed by atoms with Gasteiger partial charge in [0.1, 0.15) is 4.71 Å². The summed E-state index contributed by atoms with van der Waals surface area (Å²) >= 11 is 10.9. The first-order chi connectivity index (χ1) is 5.74. The van der Waals surface area contributed by atoms with E-state index in [1.54, 1.807) is 17.8 Å². The van der Waals surface area contributed by atoms with Gasteiger partial charge < -0.3 is 0 Å². The highest BCUT2D eigenvalue weighted by atomic mass is 79.9. The van der Waals surface area contributed by atoms with E-state index in [1.807, 2.05) is 24.3 Å². The molecule has 0 heterocycles. The van der Waals surface area contributed by atoms with Crippen LogP contribution in [0.5, 0.6) is 0 Å². The molecule has 0 aliphatic heterocycles. The van der Waals surface area contributed by atoms with Gasteiger partial charge in [-0.05, 0) is 28.1 Å². The number of hydrogen-bond donors (Lipinski definition) is 0. The highest BCUT2D eigenvalue weighted by Crippen LogP contribution is 2.32. The zero-order valence-electron chi connectivity index (χ0n) is 6.34. The van der Waals surface area contributed by atoms with Crippen LogP contribution in [0.4, 0.5) is 0 Å². The Bertz CT molecular complexity index is 275. The van der Waals surface area contributed by atoms with E-state index in [0.29, 0.717) is 0 Å². The lowest BCUT2D eigenvalue weighted by Gasteiger charge is -2.04. The Morgan fingerprint density at radius 1 is 1.50 bits per heavy atom. The van der Waals surface area contributed by atoms with Crippen molar-refractivity contribution >= 4 is 39.3 Å². The van der Waals surface area contributed by atoms with E-state index >= 15 is 0 Å². The van der Waals surface area contributed by atoms with Gasteiger partial charge in [-0.2, -0.15) is 0 Å². The van der Waals surface area contributed by atoms with Crippen LogP contribution in [-0.2, 0) is 0 Å². The van der Waals surface area contributed by atoms with Gasteiger partial charge in [0.15, 0.2) is 0 Å². The molecule has 0 spiro atoms. The van der Waals surface area contributed by atoms with Crippen molar-refractivity contribution in [1.82, 2.24) is 0 Å². The smallest absolute Gasteiger partial charge is 0.101 e. The summed E-state index contributed by atoms with van der Waals surface area (Å²) < 4.78 is 1.01. The van der Waals surface area contributed by atoms with E-state index in [2.05, 4.69) is 22.5 Å². The SMILES string of the molecule is C=CC(Cl)Sc1ccccc1Br. The third kappa shape index (κ3) is 2.85. The Labute approximate surface area is 90.1 Å². The first-order valence-corrected chi connectivity index (χ1v) is 5.53. The fraction of sp³-hybridized carbons (Fsp3) is 0.111. The summed E-state index contributed by atoms with van der Waals surface area (Å²) in [5.41, 5.74) is 0. The zero-order chi connectivity index (χ0) is 8.97. The summed E-state index contributed by atoms with van der Waals surface area (Å²) in [5, 5.41) is 0. The molecule has 64 valence electrons. The molecule has 1 rings (SSSR count). The maximum Gasteiger partial charge on any atom is 0.101 e. The Hall–Kier alpha value is 0.0800. The Morgan fingerprint density at radius 2 is 2.17 bits per heavy atom. The molecule has 0 saturated carbocycles. The Kier molecular flexibility index (Phi) is 4.19. The molecule has 1 unspecified atom stereocenters. The summed E-state index contributed by atoms with van der Waals surface area (Å²) in [5.74, 6) is 0. The summed E-state index contributed by atoms with van der Waals surface area (Å²) in [7, 11) is 0. The lowest BCUT2D eigenvalue weighted by molar-refractivity contribution is 1.40. The summed E-state index contributed by atoms with van der Waals surface area (Å²) in [6.45, 7) is 3.62. The highest BCUT2D eigenvalue weighted by molar-refractivity contribution is 9.10. The second kappa shape index (κ2) is 4.95. The third-order valence-electron chi connectivity index (χ3n) is 1.26. The summed E-state index contributed by atoms with van der Waals surface area (Å²) in [6, 6.07) is 7.98. The van der Waals surface area contributed by atoms with Gasteiger partial charge in [-0.1, -0.05) is 18.2 Å². The fourth-order valence-electron chi connectivity index (χ4n) is 0.710. The Balaban J connectivity index is 2.75. The van der Waals surface area contributed by atoms with E-state index in [4.69, 9.17) is 11.6 Å². The lowest BCUT2D eigenvalue weighted by atomic mass is 10.4. The summed E-state index contributed by atoms with van der Waals surface area (Å²) in [6.07, 6.45) is 1.71. The molecule has 0 nitrogen and oxygen atoms in total. The van der Waals surface area contributed by atoms with Gasteiger partial charge in [-0.15, -0.1) is 29.9 Å². The number of benzene rings is 1. The quantitative estimate of drug-likeness (QED) is 0.445. The number of hydrogen-bond acceptors (Lipinski definition) is 1. The predicted octanol–water partition coefficient (Wildman–Crippen LogP) is 4.29. The number of alkyl halides is 1. The highest BCUT2D eigenvalue weighted by Gasteiger charge is 2.03. The molecule has 0 aromatic heterocycles. The topological polar surface area (TPSA) is 0 Å². The van der Waals surface area contributed by atoms with Crippen molar-refractivity contribution in [3.8, 4) is 0 Å². The molecule has 0 N–H and O–H groups in total. The van der Waals surface area contributed by atoms with Crippen LogP contribution < -0.4 is 0 Å². The van der Waals surface area contributed by atoms with E-state index in [-0.39, 0.29) is 4.71 Å². The lowest BCUT2D eigenvalue weighted by Crippen LogP contribution is -1.84. The molecular formula is C9H8BrClS. The average molecular weight is 264 g/mol. The van der Waals surface area contributed by atoms with Gasteiger partial charge in [0.25, 0.3) is 0 Å². The van der Waals surface area contributed by atoms with Crippen LogP contribution in [0.1, 0.15) is 0 Å². The standard InChI is InChI=1S/C9H8BrClS/c1-2-9(11)12-8-6-4-3-5-7(8)10/h2-6,9H,1H2. The molecular weight excluding hydrogens is 256 g/mol. The molecule has 1 atom stereocenters. The molecule has 0 amide bonds. The zero-order valence-corrected chi connectivity index (χ0v) is 9.49. The van der Waals surface area contributed by atoms with Crippen molar-refractivity contribution in [3.63, 3.8) is 0 Å². The average Bonchev–Trinajstić information content (AvgIpc) is 2.09. The molecule has 1 aromatic rings. The largest absolute Gasteiger partial charge is 0.106 e. The molecule has 0 fully saturated rings. The molecule has 3 heteroatoms. The number of halogens is 2. The predicted molar refractivity (Wildman–Crippen MR) is 59.8 cm³/mol. The van der Waals surface area contributed by atoms with Crippen molar-refractivity contribution in [2.24, 2.45) is 0 Å². The van der Waals surface area contributed by atoms with Gasteiger partial charge in [-0.25, -0.2) is 0 Å². The second-order valence-electron chi connectivity index (χ2n) is 2.14. The Morgan fingerprint density at radius 3 is 2.75 bits per heavy atom. The van der Waals surface area contributed by atoms with Crippen LogP contribution in [-0.4, -0.2) is 4.71 Å². The van der Waals surface area contributed by atoms with Crippen molar-refractivity contribution < 1.29 is 0 Å². The normalized spacial score (nSPS) is 12.5. The van der Waals surface area contributed by atoms with E-state index in [9.17, 15) is 0 Å². The van der Waals surface area contributed by atoms with Gasteiger partial charge in [0.05, 0.1) is 0 Å². The van der Waals surface area contributed by atoms with Crippen molar-refractivity contribution in [3.05, 3.63) is 41.4 Å². The van der Waals surface area contributed by atoms with Crippen LogP contribution >= 0.6 is 39.3 Å². The molecule has 0 aliphatic rings. The van der Waals surface area contributed by atoms with E-state index < -0.39 is 0 Å². The molecule has 0 radical (unpaired) electrons. The number of rotatable bonds is 3. The first kappa shape index (κ1) is 10.2. The maximum absolute atomic E-state index is 5.90. The number of thioether (sulfide) groups is 1. The van der Waals surface area contributed by atoms with Crippen LogP contribution in [0.2, 0.25) is 0 Å². The van der Waals surface area contributed by atoms with Gasteiger partial charge >= 0.3 is 0 Å². The third-order valence-corrected chi connectivity index (χ3v) is 3.69. The fourth-order valence-corrected chi connectivity index (χ4v) is 2.24.